The zero-order chi connectivity index (χ0) is 15.9. The van der Waals surface area contributed by atoms with Gasteiger partial charge in [-0.15, -0.1) is 11.3 Å². The number of thiazole rings is 1. The summed E-state index contributed by atoms with van der Waals surface area (Å²) in [5, 5.41) is 7.98. The normalized spacial score (nSPS) is 18.3. The van der Waals surface area contributed by atoms with Gasteiger partial charge in [-0.2, -0.15) is 0 Å². The van der Waals surface area contributed by atoms with Gasteiger partial charge in [-0.25, -0.2) is 14.8 Å². The molecule has 2 aromatic rings. The van der Waals surface area contributed by atoms with Gasteiger partial charge in [0.1, 0.15) is 11.5 Å². The van der Waals surface area contributed by atoms with Gasteiger partial charge in [0.25, 0.3) is 5.91 Å². The monoisotopic (exact) mass is 331 g/mol. The summed E-state index contributed by atoms with van der Waals surface area (Å²) in [6.45, 7) is 1.23. The summed E-state index contributed by atoms with van der Waals surface area (Å²) in [5.74, 6) is 0.511. The van der Waals surface area contributed by atoms with Crippen LogP contribution in [0.5, 0.6) is 0 Å². The second-order valence-corrected chi connectivity index (χ2v) is 6.32. The molecule has 2 aromatic heterocycles. The molecule has 2 aliphatic rings. The molecule has 2 aliphatic heterocycles. The highest BCUT2D eigenvalue weighted by atomic mass is 32.1. The molecule has 8 nitrogen and oxygen atoms in total. The Bertz CT molecular complexity index is 757. The van der Waals surface area contributed by atoms with E-state index in [2.05, 4.69) is 20.6 Å². The molecule has 1 spiro atoms. The van der Waals surface area contributed by atoms with Gasteiger partial charge in [-0.3, -0.25) is 4.79 Å². The van der Waals surface area contributed by atoms with Gasteiger partial charge in [0.05, 0.1) is 19.6 Å². The lowest BCUT2D eigenvalue weighted by molar-refractivity contribution is -0.0577. The standard InChI is InChI=1S/C14H13N5O3S/c20-11(19-7-14(8-19)6-16-13(21)22-14)9-5-23-12(17-9)18-10-3-1-2-4-15-10/h1-5H,6-8H2,(H,16,21)(H,15,17,18). The molecular weight excluding hydrogens is 318 g/mol. The molecular formula is C14H13N5O3S. The lowest BCUT2D eigenvalue weighted by atomic mass is 9.94. The van der Waals surface area contributed by atoms with Crippen molar-refractivity contribution in [1.29, 1.82) is 0 Å². The molecule has 118 valence electrons. The van der Waals surface area contributed by atoms with Gasteiger partial charge < -0.3 is 20.3 Å². The van der Waals surface area contributed by atoms with Crippen LogP contribution in [0.15, 0.2) is 29.8 Å². The van der Waals surface area contributed by atoms with Crippen molar-refractivity contribution < 1.29 is 14.3 Å². The number of nitrogens with zero attached hydrogens (tertiary/aromatic N) is 3. The van der Waals surface area contributed by atoms with E-state index in [4.69, 9.17) is 4.74 Å². The summed E-state index contributed by atoms with van der Waals surface area (Å²) in [4.78, 5) is 33.6. The number of hydrogen-bond donors (Lipinski definition) is 2. The number of alkyl carbamates (subject to hydrolysis) is 1. The summed E-state index contributed by atoms with van der Waals surface area (Å²) in [7, 11) is 0. The highest BCUT2D eigenvalue weighted by Crippen LogP contribution is 2.30. The summed E-state index contributed by atoms with van der Waals surface area (Å²) in [6.07, 6.45) is 1.26. The molecule has 0 atom stereocenters. The van der Waals surface area contributed by atoms with Crippen LogP contribution in [0, 0.1) is 0 Å². The van der Waals surface area contributed by atoms with E-state index in [1.54, 1.807) is 16.5 Å². The predicted octanol–water partition coefficient (Wildman–Crippen LogP) is 1.22. The van der Waals surface area contributed by atoms with E-state index < -0.39 is 11.7 Å². The van der Waals surface area contributed by atoms with E-state index in [-0.39, 0.29) is 5.91 Å². The van der Waals surface area contributed by atoms with E-state index in [1.165, 1.54) is 11.3 Å². The summed E-state index contributed by atoms with van der Waals surface area (Å²) in [5.41, 5.74) is -0.182. The number of nitrogens with one attached hydrogen (secondary N) is 2. The fourth-order valence-corrected chi connectivity index (χ4v) is 3.30. The van der Waals surface area contributed by atoms with Crippen LogP contribution in [0.1, 0.15) is 10.5 Å². The van der Waals surface area contributed by atoms with Crippen LogP contribution in [0.2, 0.25) is 0 Å². The minimum absolute atomic E-state index is 0.163. The molecule has 0 saturated carbocycles. The fraction of sp³-hybridized carbons (Fsp3) is 0.286. The Hall–Kier alpha value is -2.68. The molecule has 4 heterocycles. The van der Waals surface area contributed by atoms with Crippen molar-refractivity contribution in [3.63, 3.8) is 0 Å². The summed E-state index contributed by atoms with van der Waals surface area (Å²) >= 11 is 1.34. The zero-order valence-electron chi connectivity index (χ0n) is 12.0. The second-order valence-electron chi connectivity index (χ2n) is 5.47. The van der Waals surface area contributed by atoms with Crippen molar-refractivity contribution in [1.82, 2.24) is 20.2 Å². The molecule has 0 unspecified atom stereocenters. The van der Waals surface area contributed by atoms with Crippen molar-refractivity contribution in [2.45, 2.75) is 5.60 Å². The Kier molecular flexibility index (Phi) is 3.15. The molecule has 4 rings (SSSR count). The first-order valence-corrected chi connectivity index (χ1v) is 7.91. The number of hydrogen-bond acceptors (Lipinski definition) is 7. The van der Waals surface area contributed by atoms with Crippen LogP contribution < -0.4 is 10.6 Å². The minimum Gasteiger partial charge on any atom is -0.437 e. The Morgan fingerprint density at radius 3 is 3.00 bits per heavy atom. The van der Waals surface area contributed by atoms with Gasteiger partial charge in [-0.1, -0.05) is 6.07 Å². The van der Waals surface area contributed by atoms with Crippen LogP contribution in [-0.2, 0) is 4.74 Å². The second kappa shape index (κ2) is 5.20. The fourth-order valence-electron chi connectivity index (χ4n) is 2.61. The molecule has 2 N–H and O–H groups in total. The highest BCUT2D eigenvalue weighted by Gasteiger charge is 2.52. The third kappa shape index (κ3) is 2.59. The molecule has 0 aromatic carbocycles. The van der Waals surface area contributed by atoms with E-state index in [0.29, 0.717) is 36.3 Å². The maximum Gasteiger partial charge on any atom is 0.408 e. The van der Waals surface area contributed by atoms with E-state index in [1.807, 2.05) is 18.2 Å². The van der Waals surface area contributed by atoms with Crippen molar-refractivity contribution >= 4 is 34.3 Å². The lowest BCUT2D eigenvalue weighted by Crippen LogP contribution is -2.65. The van der Waals surface area contributed by atoms with Crippen LogP contribution in [0.4, 0.5) is 15.7 Å². The number of carbonyl (C=O) groups excluding carboxylic acids is 2. The van der Waals surface area contributed by atoms with E-state index >= 15 is 0 Å². The van der Waals surface area contributed by atoms with Crippen LogP contribution in [0.3, 0.4) is 0 Å². The molecule has 0 bridgehead atoms. The Morgan fingerprint density at radius 1 is 1.43 bits per heavy atom. The highest BCUT2D eigenvalue weighted by molar-refractivity contribution is 7.14. The molecule has 0 aliphatic carbocycles. The van der Waals surface area contributed by atoms with Gasteiger partial charge in [0, 0.05) is 11.6 Å². The maximum absolute atomic E-state index is 12.4. The number of rotatable bonds is 3. The zero-order valence-corrected chi connectivity index (χ0v) is 12.8. The Balaban J connectivity index is 1.40. The lowest BCUT2D eigenvalue weighted by Gasteiger charge is -2.44. The van der Waals surface area contributed by atoms with Crippen molar-refractivity contribution in [3.05, 3.63) is 35.5 Å². The van der Waals surface area contributed by atoms with Crippen molar-refractivity contribution in [3.8, 4) is 0 Å². The predicted molar refractivity (Wildman–Crippen MR) is 82.8 cm³/mol. The van der Waals surface area contributed by atoms with Gasteiger partial charge in [0.15, 0.2) is 10.7 Å². The van der Waals surface area contributed by atoms with Crippen LogP contribution in [-0.4, -0.2) is 52.1 Å². The van der Waals surface area contributed by atoms with Gasteiger partial charge in [-0.05, 0) is 12.1 Å². The number of carbonyl (C=O) groups is 2. The molecule has 9 heteroatoms. The van der Waals surface area contributed by atoms with Crippen molar-refractivity contribution in [2.24, 2.45) is 0 Å². The van der Waals surface area contributed by atoms with Crippen molar-refractivity contribution in [2.75, 3.05) is 25.0 Å². The molecule has 23 heavy (non-hydrogen) atoms. The first-order valence-electron chi connectivity index (χ1n) is 7.03. The average Bonchev–Trinajstić information content (AvgIpc) is 3.13. The average molecular weight is 331 g/mol. The Morgan fingerprint density at radius 2 is 2.30 bits per heavy atom. The number of anilines is 2. The smallest absolute Gasteiger partial charge is 0.408 e. The third-order valence-corrected chi connectivity index (χ3v) is 4.49. The third-order valence-electron chi connectivity index (χ3n) is 3.73. The topological polar surface area (TPSA) is 96.5 Å². The van der Waals surface area contributed by atoms with Gasteiger partial charge in [0.2, 0.25) is 0 Å². The number of pyridine rings is 1. The molecule has 2 fully saturated rings. The largest absolute Gasteiger partial charge is 0.437 e. The Labute approximate surface area is 135 Å². The molecule has 0 radical (unpaired) electrons. The minimum atomic E-state index is -0.558. The number of aromatic nitrogens is 2. The van der Waals surface area contributed by atoms with Crippen LogP contribution >= 0.6 is 11.3 Å². The molecule has 2 amide bonds. The van der Waals surface area contributed by atoms with E-state index in [0.717, 1.165) is 0 Å². The number of amides is 2. The first-order chi connectivity index (χ1) is 11.1. The number of likely N-dealkylation sites (tertiary alicyclic amines) is 1. The SMILES string of the molecule is O=C1NCC2(CN(C(=O)c3csc(Nc4ccccn4)n3)C2)O1. The first kappa shape index (κ1) is 13.9. The summed E-state index contributed by atoms with van der Waals surface area (Å²) < 4.78 is 5.20. The van der Waals surface area contributed by atoms with E-state index in [9.17, 15) is 9.59 Å². The van der Waals surface area contributed by atoms with Gasteiger partial charge >= 0.3 is 6.09 Å². The summed E-state index contributed by atoms with van der Waals surface area (Å²) in [6, 6.07) is 5.52. The van der Waals surface area contributed by atoms with Crippen LogP contribution in [0.25, 0.3) is 0 Å². The quantitative estimate of drug-likeness (QED) is 0.878. The maximum atomic E-state index is 12.4. The molecule has 2 saturated heterocycles. The number of ether oxygens (including phenoxy) is 1.